The van der Waals surface area contributed by atoms with Gasteiger partial charge in [-0.1, -0.05) is 48.6 Å². The summed E-state index contributed by atoms with van der Waals surface area (Å²) in [4.78, 5) is 10.6. The lowest BCUT2D eigenvalue weighted by Gasteiger charge is -1.96. The summed E-state index contributed by atoms with van der Waals surface area (Å²) in [7, 11) is 1.28. The normalized spacial score (nSPS) is 10.8. The molecule has 84 valence electrons. The van der Waals surface area contributed by atoms with E-state index in [1.165, 1.54) is 7.11 Å². The molecule has 0 unspecified atom stereocenters. The first kappa shape index (κ1) is 12.0. The predicted octanol–water partition coefficient (Wildman–Crippen LogP) is 3.04. The lowest BCUT2D eigenvalue weighted by Crippen LogP contribution is -2.03. The molecule has 0 N–H and O–H groups in total. The summed E-state index contributed by atoms with van der Waals surface area (Å²) in [5.74, 6) is 0. The van der Waals surface area contributed by atoms with Crippen LogP contribution in [-0.2, 0) is 9.47 Å². The first-order valence-electron chi connectivity index (χ1n) is 4.92. The van der Waals surface area contributed by atoms with Crippen molar-refractivity contribution < 1.29 is 14.3 Å². The minimum Gasteiger partial charge on any atom is -0.438 e. The number of allylic oxidation sites excluding steroid dienone is 2. The van der Waals surface area contributed by atoms with Gasteiger partial charge < -0.3 is 9.47 Å². The molecule has 1 aromatic rings. The number of hydrogen-bond donors (Lipinski definition) is 0. The summed E-state index contributed by atoms with van der Waals surface area (Å²) in [5.41, 5.74) is 1.13. The molecule has 3 heteroatoms. The molecule has 0 fully saturated rings. The van der Waals surface area contributed by atoms with E-state index in [0.717, 1.165) is 5.56 Å². The third-order valence-corrected chi connectivity index (χ3v) is 1.80. The van der Waals surface area contributed by atoms with Crippen LogP contribution in [-0.4, -0.2) is 19.9 Å². The van der Waals surface area contributed by atoms with Crippen LogP contribution < -0.4 is 0 Å². The van der Waals surface area contributed by atoms with Crippen LogP contribution >= 0.6 is 0 Å². The lowest BCUT2D eigenvalue weighted by molar-refractivity contribution is 0.0818. The molecule has 3 nitrogen and oxygen atoms in total. The Kier molecular flexibility index (Phi) is 5.48. The number of hydrogen-bond acceptors (Lipinski definition) is 3. The van der Waals surface area contributed by atoms with Gasteiger partial charge in [-0.2, -0.15) is 0 Å². The third-order valence-electron chi connectivity index (χ3n) is 1.80. The molecular formula is C13H14O3. The highest BCUT2D eigenvalue weighted by Gasteiger charge is 1.94. The average Bonchev–Trinajstić information content (AvgIpc) is 2.34. The van der Waals surface area contributed by atoms with E-state index in [4.69, 9.17) is 0 Å². The van der Waals surface area contributed by atoms with Gasteiger partial charge in [0, 0.05) is 0 Å². The zero-order valence-electron chi connectivity index (χ0n) is 9.13. The summed E-state index contributed by atoms with van der Waals surface area (Å²) < 4.78 is 8.97. The molecule has 1 aromatic carbocycles. The topological polar surface area (TPSA) is 35.5 Å². The molecule has 0 aromatic heterocycles. The van der Waals surface area contributed by atoms with Crippen molar-refractivity contribution in [1.29, 1.82) is 0 Å². The van der Waals surface area contributed by atoms with E-state index in [9.17, 15) is 4.79 Å². The van der Waals surface area contributed by atoms with Crippen LogP contribution in [0.15, 0.2) is 48.6 Å². The number of rotatable bonds is 4. The summed E-state index contributed by atoms with van der Waals surface area (Å²) in [6, 6.07) is 9.94. The van der Waals surface area contributed by atoms with Gasteiger partial charge in [-0.3, -0.25) is 0 Å². The Balaban J connectivity index is 2.27. The molecule has 0 heterocycles. The fourth-order valence-corrected chi connectivity index (χ4v) is 1.04. The predicted molar refractivity (Wildman–Crippen MR) is 63.0 cm³/mol. The van der Waals surface area contributed by atoms with Gasteiger partial charge in [-0.15, -0.1) is 0 Å². The minimum absolute atomic E-state index is 0.214. The van der Waals surface area contributed by atoms with Crippen LogP contribution in [0.1, 0.15) is 5.56 Å². The summed E-state index contributed by atoms with van der Waals surface area (Å²) in [6.45, 7) is 0.214. The van der Waals surface area contributed by atoms with E-state index in [1.807, 2.05) is 48.6 Å². The molecule has 16 heavy (non-hydrogen) atoms. The molecule has 0 bridgehead atoms. The monoisotopic (exact) mass is 218 g/mol. The molecule has 1 rings (SSSR count). The van der Waals surface area contributed by atoms with Gasteiger partial charge in [0.15, 0.2) is 0 Å². The summed E-state index contributed by atoms with van der Waals surface area (Å²) in [6.07, 6.45) is 6.73. The Bertz CT molecular complexity index is 366. The fraction of sp³-hybridized carbons (Fsp3) is 0.154. The quantitative estimate of drug-likeness (QED) is 0.575. The smallest absolute Gasteiger partial charge is 0.438 e. The van der Waals surface area contributed by atoms with Crippen LogP contribution in [0.5, 0.6) is 0 Å². The van der Waals surface area contributed by atoms with Crippen molar-refractivity contribution in [1.82, 2.24) is 0 Å². The highest BCUT2D eigenvalue weighted by molar-refractivity contribution is 5.59. The van der Waals surface area contributed by atoms with Gasteiger partial charge in [0.2, 0.25) is 0 Å². The van der Waals surface area contributed by atoms with Crippen LogP contribution in [0.25, 0.3) is 6.08 Å². The van der Waals surface area contributed by atoms with Gasteiger partial charge in [0.05, 0.1) is 7.11 Å². The first-order chi connectivity index (χ1) is 7.83. The van der Waals surface area contributed by atoms with Gasteiger partial charge in [-0.25, -0.2) is 4.79 Å². The van der Waals surface area contributed by atoms with Gasteiger partial charge in [0.1, 0.15) is 6.61 Å². The van der Waals surface area contributed by atoms with Crippen LogP contribution in [0.2, 0.25) is 0 Å². The van der Waals surface area contributed by atoms with Crippen LogP contribution in [0.4, 0.5) is 4.79 Å². The molecule has 0 aliphatic heterocycles. The van der Waals surface area contributed by atoms with Gasteiger partial charge >= 0.3 is 6.16 Å². The number of benzene rings is 1. The fourth-order valence-electron chi connectivity index (χ4n) is 1.04. The highest BCUT2D eigenvalue weighted by atomic mass is 16.7. The van der Waals surface area contributed by atoms with Crippen LogP contribution in [0, 0.1) is 0 Å². The maximum atomic E-state index is 10.6. The van der Waals surface area contributed by atoms with Crippen molar-refractivity contribution in [3.8, 4) is 0 Å². The van der Waals surface area contributed by atoms with Crippen molar-refractivity contribution >= 4 is 12.2 Å². The van der Waals surface area contributed by atoms with E-state index in [0.29, 0.717) is 0 Å². The zero-order chi connectivity index (χ0) is 11.6. The number of ether oxygens (including phenoxy) is 2. The summed E-state index contributed by atoms with van der Waals surface area (Å²) >= 11 is 0. The van der Waals surface area contributed by atoms with E-state index in [-0.39, 0.29) is 6.61 Å². The Morgan fingerprint density at radius 2 is 2.00 bits per heavy atom. The van der Waals surface area contributed by atoms with E-state index in [1.54, 1.807) is 6.08 Å². The number of carbonyl (C=O) groups is 1. The van der Waals surface area contributed by atoms with Crippen molar-refractivity contribution in [2.45, 2.75) is 0 Å². The second-order valence-corrected chi connectivity index (χ2v) is 2.96. The SMILES string of the molecule is COC(=O)OCC=C/C=C/c1ccccc1. The molecule has 0 aliphatic rings. The minimum atomic E-state index is -0.670. The van der Waals surface area contributed by atoms with Crippen molar-refractivity contribution in [2.75, 3.05) is 13.7 Å². The molecule has 0 saturated heterocycles. The highest BCUT2D eigenvalue weighted by Crippen LogP contribution is 2.00. The van der Waals surface area contributed by atoms with Gasteiger partial charge in [-0.05, 0) is 11.6 Å². The second kappa shape index (κ2) is 7.29. The zero-order valence-corrected chi connectivity index (χ0v) is 9.13. The Hall–Kier alpha value is -2.03. The van der Waals surface area contributed by atoms with Crippen molar-refractivity contribution in [3.63, 3.8) is 0 Å². The second-order valence-electron chi connectivity index (χ2n) is 2.96. The molecule has 0 spiro atoms. The van der Waals surface area contributed by atoms with Crippen LogP contribution in [0.3, 0.4) is 0 Å². The van der Waals surface area contributed by atoms with E-state index < -0.39 is 6.16 Å². The molecule has 0 radical (unpaired) electrons. The van der Waals surface area contributed by atoms with Gasteiger partial charge in [0.25, 0.3) is 0 Å². The molecule has 0 amide bonds. The molecular weight excluding hydrogens is 204 g/mol. The molecule has 0 saturated carbocycles. The largest absolute Gasteiger partial charge is 0.508 e. The number of carbonyl (C=O) groups excluding carboxylic acids is 1. The average molecular weight is 218 g/mol. The standard InChI is InChI=1S/C13H14O3/c1-15-13(14)16-11-7-3-6-10-12-8-4-2-5-9-12/h2-10H,11H2,1H3/b7-3?,10-6+. The van der Waals surface area contributed by atoms with E-state index in [2.05, 4.69) is 9.47 Å². The third kappa shape index (κ3) is 5.00. The number of methoxy groups -OCH3 is 1. The molecule has 0 aliphatic carbocycles. The van der Waals surface area contributed by atoms with Crippen molar-refractivity contribution in [3.05, 3.63) is 54.1 Å². The maximum Gasteiger partial charge on any atom is 0.508 e. The first-order valence-corrected chi connectivity index (χ1v) is 4.92. The Morgan fingerprint density at radius 1 is 1.25 bits per heavy atom. The van der Waals surface area contributed by atoms with Crippen molar-refractivity contribution in [2.24, 2.45) is 0 Å². The maximum absolute atomic E-state index is 10.6. The van der Waals surface area contributed by atoms with E-state index >= 15 is 0 Å². The Morgan fingerprint density at radius 3 is 2.69 bits per heavy atom. The Labute approximate surface area is 95.0 Å². The lowest BCUT2D eigenvalue weighted by atomic mass is 10.2. The summed E-state index contributed by atoms with van der Waals surface area (Å²) in [5, 5.41) is 0. The molecule has 0 atom stereocenters.